The Bertz CT molecular complexity index is 475. The van der Waals surface area contributed by atoms with Crippen LogP contribution in [0.3, 0.4) is 0 Å². The highest BCUT2D eigenvalue weighted by Crippen LogP contribution is 2.27. The van der Waals surface area contributed by atoms with Gasteiger partial charge >= 0.3 is 12.3 Å². The summed E-state index contributed by atoms with van der Waals surface area (Å²) in [4.78, 5) is 21.4. The number of anilines is 1. The molecule has 17 heavy (non-hydrogen) atoms. The van der Waals surface area contributed by atoms with Gasteiger partial charge in [-0.15, -0.1) is 0 Å². The summed E-state index contributed by atoms with van der Waals surface area (Å²) >= 11 is 0. The summed E-state index contributed by atoms with van der Waals surface area (Å²) in [5.41, 5.74) is 1.46. The first kappa shape index (κ1) is 11.4. The van der Waals surface area contributed by atoms with E-state index in [2.05, 4.69) is 10.1 Å². The minimum Gasteiger partial charge on any atom is -0.476 e. The van der Waals surface area contributed by atoms with Crippen molar-refractivity contribution in [3.63, 3.8) is 0 Å². The molecule has 1 unspecified atom stereocenters. The van der Waals surface area contributed by atoms with Crippen molar-refractivity contribution in [3.05, 3.63) is 23.8 Å². The lowest BCUT2D eigenvalue weighted by molar-refractivity contribution is -0.153. The van der Waals surface area contributed by atoms with Crippen LogP contribution in [0, 0.1) is 0 Å². The maximum absolute atomic E-state index is 12.8. The maximum atomic E-state index is 12.8. The number of carbonyl (C=O) groups is 2. The van der Waals surface area contributed by atoms with Crippen LogP contribution >= 0.6 is 0 Å². The van der Waals surface area contributed by atoms with Crippen LogP contribution in [-0.4, -0.2) is 23.3 Å². The van der Waals surface area contributed by atoms with Crippen LogP contribution in [0.4, 0.5) is 10.1 Å². The summed E-state index contributed by atoms with van der Waals surface area (Å²) < 4.78 is 17.4. The topological polar surface area (TPSA) is 75.6 Å². The van der Waals surface area contributed by atoms with E-state index in [1.165, 1.54) is 12.1 Å². The van der Waals surface area contributed by atoms with Crippen molar-refractivity contribution < 1.29 is 23.8 Å². The molecule has 0 aromatic heterocycles. The Kier molecular flexibility index (Phi) is 2.95. The smallest absolute Gasteiger partial charge is 0.378 e. The van der Waals surface area contributed by atoms with Crippen LogP contribution in [0.1, 0.15) is 12.0 Å². The van der Waals surface area contributed by atoms with Crippen molar-refractivity contribution in [1.82, 2.24) is 0 Å². The number of carboxylic acids is 1. The Labute approximate surface area is 96.2 Å². The van der Waals surface area contributed by atoms with Gasteiger partial charge in [0, 0.05) is 18.2 Å². The van der Waals surface area contributed by atoms with Crippen LogP contribution in [0.25, 0.3) is 0 Å². The number of carboxylic acid groups (broad SMARTS) is 1. The number of rotatable bonds is 3. The molecule has 0 radical (unpaired) electrons. The summed E-state index contributed by atoms with van der Waals surface area (Å²) in [6.45, 7) is 0. The fraction of sp³-hybridized carbons (Fsp3) is 0.273. The van der Waals surface area contributed by atoms with Crippen molar-refractivity contribution in [2.45, 2.75) is 19.2 Å². The normalized spacial score (nSPS) is 15.7. The van der Waals surface area contributed by atoms with E-state index in [0.717, 1.165) is 5.56 Å². The monoisotopic (exact) mass is 239 g/mol. The summed E-state index contributed by atoms with van der Waals surface area (Å²) in [6.07, 6.45) is -1.39. The number of benzene rings is 1. The van der Waals surface area contributed by atoms with Crippen LogP contribution < -0.4 is 10.1 Å². The Hall–Kier alpha value is -2.11. The fourth-order valence-electron chi connectivity index (χ4n) is 1.59. The summed E-state index contributed by atoms with van der Waals surface area (Å²) in [7, 11) is 0. The van der Waals surface area contributed by atoms with E-state index in [1.54, 1.807) is 6.07 Å². The van der Waals surface area contributed by atoms with Gasteiger partial charge in [-0.1, -0.05) is 6.07 Å². The number of alkyl halides is 1. The molecule has 0 fully saturated rings. The van der Waals surface area contributed by atoms with E-state index in [4.69, 9.17) is 5.11 Å². The maximum Gasteiger partial charge on any atom is 0.378 e. The minimum absolute atomic E-state index is 0.0702. The second-order valence-corrected chi connectivity index (χ2v) is 3.64. The van der Waals surface area contributed by atoms with Crippen LogP contribution in [0.5, 0.6) is 5.75 Å². The number of amides is 1. The molecule has 0 saturated carbocycles. The molecule has 0 saturated heterocycles. The van der Waals surface area contributed by atoms with Gasteiger partial charge in [-0.2, -0.15) is 4.39 Å². The first-order chi connectivity index (χ1) is 8.06. The van der Waals surface area contributed by atoms with Crippen LogP contribution in [0.15, 0.2) is 18.2 Å². The number of carbonyl (C=O) groups excluding carboxylic acids is 1. The van der Waals surface area contributed by atoms with Gasteiger partial charge in [0.1, 0.15) is 5.75 Å². The molecule has 6 heteroatoms. The number of halogens is 1. The molecule has 1 atom stereocenters. The number of hydrogen-bond donors (Lipinski definition) is 2. The predicted molar refractivity (Wildman–Crippen MR) is 56.6 cm³/mol. The van der Waals surface area contributed by atoms with Crippen molar-refractivity contribution in [2.75, 3.05) is 5.32 Å². The lowest BCUT2D eigenvalue weighted by atomic mass is 10.0. The van der Waals surface area contributed by atoms with E-state index in [-0.39, 0.29) is 11.7 Å². The molecule has 5 nitrogen and oxygen atoms in total. The van der Waals surface area contributed by atoms with Crippen molar-refractivity contribution in [2.24, 2.45) is 0 Å². The van der Waals surface area contributed by atoms with Crippen molar-refractivity contribution in [1.29, 1.82) is 0 Å². The lowest BCUT2D eigenvalue weighted by Crippen LogP contribution is -2.22. The van der Waals surface area contributed by atoms with Crippen LogP contribution in [-0.2, 0) is 16.0 Å². The molecule has 1 aliphatic heterocycles. The molecule has 0 bridgehead atoms. The third kappa shape index (κ3) is 2.52. The molecule has 1 heterocycles. The highest BCUT2D eigenvalue weighted by Gasteiger charge is 2.19. The second kappa shape index (κ2) is 4.40. The standard InChI is InChI=1S/C11H10FNO4/c12-10(11(15)16)17-7-3-1-6-2-4-9(14)13-8(6)5-7/h1,3,5,10H,2,4H2,(H,13,14)(H,15,16). The molecule has 0 spiro atoms. The second-order valence-electron chi connectivity index (χ2n) is 3.64. The zero-order chi connectivity index (χ0) is 12.4. The molecule has 1 aliphatic rings. The van der Waals surface area contributed by atoms with Gasteiger partial charge in [0.2, 0.25) is 5.91 Å². The Morgan fingerprint density at radius 1 is 1.47 bits per heavy atom. The number of ether oxygens (including phenoxy) is 1. The fourth-order valence-corrected chi connectivity index (χ4v) is 1.59. The van der Waals surface area contributed by atoms with Gasteiger partial charge in [0.05, 0.1) is 0 Å². The van der Waals surface area contributed by atoms with Crippen molar-refractivity contribution in [3.8, 4) is 5.75 Å². The number of aryl methyl sites for hydroxylation is 1. The van der Waals surface area contributed by atoms with E-state index in [1.807, 2.05) is 0 Å². The molecular weight excluding hydrogens is 229 g/mol. The summed E-state index contributed by atoms with van der Waals surface area (Å²) in [5.74, 6) is -1.74. The SMILES string of the molecule is O=C1CCc2ccc(OC(F)C(=O)O)cc2N1. The summed E-state index contributed by atoms with van der Waals surface area (Å²) in [6, 6.07) is 4.58. The minimum atomic E-state index is -2.41. The first-order valence-electron chi connectivity index (χ1n) is 5.02. The summed E-state index contributed by atoms with van der Waals surface area (Å²) in [5, 5.41) is 11.0. The van der Waals surface area contributed by atoms with Gasteiger partial charge in [-0.05, 0) is 18.1 Å². The number of nitrogens with one attached hydrogen (secondary N) is 1. The molecule has 90 valence electrons. The molecule has 2 N–H and O–H groups in total. The van der Waals surface area contributed by atoms with Crippen molar-refractivity contribution >= 4 is 17.6 Å². The van der Waals surface area contributed by atoms with E-state index < -0.39 is 12.3 Å². The van der Waals surface area contributed by atoms with Gasteiger partial charge in [-0.3, -0.25) is 4.79 Å². The Balaban J connectivity index is 2.18. The number of fused-ring (bicyclic) bond motifs is 1. The van der Waals surface area contributed by atoms with E-state index >= 15 is 0 Å². The quantitative estimate of drug-likeness (QED) is 0.834. The molecule has 1 aromatic rings. The highest BCUT2D eigenvalue weighted by atomic mass is 19.1. The van der Waals surface area contributed by atoms with Gasteiger partial charge in [0.25, 0.3) is 0 Å². The third-order valence-corrected chi connectivity index (χ3v) is 2.41. The zero-order valence-electron chi connectivity index (χ0n) is 8.77. The van der Waals surface area contributed by atoms with E-state index in [9.17, 15) is 14.0 Å². The molecular formula is C11H10FNO4. The van der Waals surface area contributed by atoms with Crippen LogP contribution in [0.2, 0.25) is 0 Å². The predicted octanol–water partition coefficient (Wildman–Crippen LogP) is 1.33. The zero-order valence-corrected chi connectivity index (χ0v) is 8.77. The largest absolute Gasteiger partial charge is 0.476 e. The Morgan fingerprint density at radius 2 is 2.24 bits per heavy atom. The number of hydrogen-bond acceptors (Lipinski definition) is 3. The van der Waals surface area contributed by atoms with Gasteiger partial charge < -0.3 is 15.2 Å². The molecule has 0 aliphatic carbocycles. The Morgan fingerprint density at radius 3 is 2.94 bits per heavy atom. The average Bonchev–Trinajstić information content (AvgIpc) is 2.28. The third-order valence-electron chi connectivity index (χ3n) is 2.41. The molecule has 1 aromatic carbocycles. The highest BCUT2D eigenvalue weighted by molar-refractivity contribution is 5.94. The van der Waals surface area contributed by atoms with E-state index in [0.29, 0.717) is 18.5 Å². The number of aliphatic carboxylic acids is 1. The van der Waals surface area contributed by atoms with Gasteiger partial charge in [-0.25, -0.2) is 4.79 Å². The molecule has 2 rings (SSSR count). The lowest BCUT2D eigenvalue weighted by Gasteiger charge is -2.17. The van der Waals surface area contributed by atoms with Gasteiger partial charge in [0.15, 0.2) is 0 Å². The average molecular weight is 239 g/mol. The molecule has 1 amide bonds. The first-order valence-corrected chi connectivity index (χ1v) is 5.02.